The van der Waals surface area contributed by atoms with Crippen molar-refractivity contribution in [1.82, 2.24) is 10.6 Å². The lowest BCUT2D eigenvalue weighted by molar-refractivity contribution is -0.123. The van der Waals surface area contributed by atoms with Gasteiger partial charge in [-0.25, -0.2) is 0 Å². The van der Waals surface area contributed by atoms with Crippen LogP contribution in [-0.2, 0) is 4.79 Å². The van der Waals surface area contributed by atoms with Crippen LogP contribution >= 0.6 is 11.6 Å². The summed E-state index contributed by atoms with van der Waals surface area (Å²) in [5, 5.41) is 6.17. The van der Waals surface area contributed by atoms with Gasteiger partial charge in [0.1, 0.15) is 6.04 Å². The van der Waals surface area contributed by atoms with Gasteiger partial charge in [0.15, 0.2) is 0 Å². The SMILES string of the molecule is C[C@H](NC(=O)c1ccccc1)C(=O)N[C@@H](C)c1cccc(Cl)c1. The summed E-state index contributed by atoms with van der Waals surface area (Å²) in [7, 11) is 0. The van der Waals surface area contributed by atoms with E-state index in [1.807, 2.05) is 25.1 Å². The molecule has 0 fully saturated rings. The van der Waals surface area contributed by atoms with Crippen molar-refractivity contribution in [3.05, 3.63) is 70.7 Å². The Balaban J connectivity index is 1.93. The van der Waals surface area contributed by atoms with Crippen LogP contribution in [0, 0.1) is 0 Å². The van der Waals surface area contributed by atoms with Crippen molar-refractivity contribution in [3.63, 3.8) is 0 Å². The van der Waals surface area contributed by atoms with Crippen LogP contribution in [0.25, 0.3) is 0 Å². The van der Waals surface area contributed by atoms with Gasteiger partial charge >= 0.3 is 0 Å². The molecular weight excluding hydrogens is 312 g/mol. The molecule has 0 heterocycles. The summed E-state index contributed by atoms with van der Waals surface area (Å²) in [6.45, 7) is 3.52. The summed E-state index contributed by atoms with van der Waals surface area (Å²) < 4.78 is 0. The van der Waals surface area contributed by atoms with Crippen LogP contribution in [-0.4, -0.2) is 17.9 Å². The number of carbonyl (C=O) groups is 2. The van der Waals surface area contributed by atoms with Crippen molar-refractivity contribution in [3.8, 4) is 0 Å². The maximum atomic E-state index is 12.2. The van der Waals surface area contributed by atoms with Crippen molar-refractivity contribution in [2.24, 2.45) is 0 Å². The second-order valence-corrected chi connectivity index (χ2v) is 5.78. The highest BCUT2D eigenvalue weighted by Gasteiger charge is 2.18. The van der Waals surface area contributed by atoms with Crippen molar-refractivity contribution in [1.29, 1.82) is 0 Å². The van der Waals surface area contributed by atoms with Gasteiger partial charge in [0.2, 0.25) is 5.91 Å². The summed E-state index contributed by atoms with van der Waals surface area (Å²) in [5.41, 5.74) is 1.43. The molecule has 2 aromatic carbocycles. The van der Waals surface area contributed by atoms with Crippen LogP contribution in [0.2, 0.25) is 5.02 Å². The van der Waals surface area contributed by atoms with Crippen LogP contribution in [0.3, 0.4) is 0 Å². The number of halogens is 1. The second-order valence-electron chi connectivity index (χ2n) is 5.35. The van der Waals surface area contributed by atoms with E-state index in [1.165, 1.54) is 0 Å². The maximum absolute atomic E-state index is 12.2. The monoisotopic (exact) mass is 330 g/mol. The van der Waals surface area contributed by atoms with Crippen molar-refractivity contribution < 1.29 is 9.59 Å². The van der Waals surface area contributed by atoms with Gasteiger partial charge in [-0.15, -0.1) is 0 Å². The summed E-state index contributed by atoms with van der Waals surface area (Å²) in [6.07, 6.45) is 0. The van der Waals surface area contributed by atoms with Crippen molar-refractivity contribution in [2.75, 3.05) is 0 Å². The zero-order valence-electron chi connectivity index (χ0n) is 13.0. The van der Waals surface area contributed by atoms with E-state index in [4.69, 9.17) is 11.6 Å². The van der Waals surface area contributed by atoms with Crippen molar-refractivity contribution >= 4 is 23.4 Å². The Morgan fingerprint density at radius 1 is 0.957 bits per heavy atom. The molecule has 5 heteroatoms. The third kappa shape index (κ3) is 4.83. The topological polar surface area (TPSA) is 58.2 Å². The zero-order chi connectivity index (χ0) is 16.8. The van der Waals surface area contributed by atoms with E-state index in [0.717, 1.165) is 5.56 Å². The molecule has 0 unspecified atom stereocenters. The highest BCUT2D eigenvalue weighted by atomic mass is 35.5. The van der Waals surface area contributed by atoms with E-state index in [-0.39, 0.29) is 17.9 Å². The number of amides is 2. The van der Waals surface area contributed by atoms with Gasteiger partial charge in [-0.05, 0) is 43.7 Å². The molecule has 0 aliphatic carbocycles. The molecule has 0 aliphatic heterocycles. The Bertz CT molecular complexity index is 688. The lowest BCUT2D eigenvalue weighted by atomic mass is 10.1. The third-order valence-corrected chi connectivity index (χ3v) is 3.72. The molecule has 0 radical (unpaired) electrons. The molecule has 2 atom stereocenters. The quantitative estimate of drug-likeness (QED) is 0.883. The number of benzene rings is 2. The van der Waals surface area contributed by atoms with E-state index in [0.29, 0.717) is 10.6 Å². The summed E-state index contributed by atoms with van der Waals surface area (Å²) in [5.74, 6) is -0.523. The summed E-state index contributed by atoms with van der Waals surface area (Å²) in [4.78, 5) is 24.3. The van der Waals surface area contributed by atoms with Crippen LogP contribution in [0.1, 0.15) is 35.8 Å². The van der Waals surface area contributed by atoms with Crippen LogP contribution < -0.4 is 10.6 Å². The molecule has 2 amide bonds. The predicted molar refractivity (Wildman–Crippen MR) is 91.4 cm³/mol. The van der Waals surface area contributed by atoms with Crippen LogP contribution in [0.5, 0.6) is 0 Å². The number of nitrogens with one attached hydrogen (secondary N) is 2. The van der Waals surface area contributed by atoms with E-state index in [9.17, 15) is 9.59 Å². The number of hydrogen-bond donors (Lipinski definition) is 2. The lowest BCUT2D eigenvalue weighted by Gasteiger charge is -2.19. The second kappa shape index (κ2) is 7.79. The van der Waals surface area contributed by atoms with E-state index in [1.54, 1.807) is 43.3 Å². The number of carbonyl (C=O) groups excluding carboxylic acids is 2. The first kappa shape index (κ1) is 17.0. The molecule has 0 spiro atoms. The lowest BCUT2D eigenvalue weighted by Crippen LogP contribution is -2.45. The van der Waals surface area contributed by atoms with Gasteiger partial charge < -0.3 is 10.6 Å². The third-order valence-electron chi connectivity index (χ3n) is 3.48. The molecule has 0 saturated heterocycles. The molecule has 0 saturated carbocycles. The highest BCUT2D eigenvalue weighted by Crippen LogP contribution is 2.17. The normalized spacial score (nSPS) is 13.0. The van der Waals surface area contributed by atoms with E-state index in [2.05, 4.69) is 10.6 Å². The smallest absolute Gasteiger partial charge is 0.251 e. The highest BCUT2D eigenvalue weighted by molar-refractivity contribution is 6.30. The molecule has 2 aromatic rings. The van der Waals surface area contributed by atoms with Crippen LogP contribution in [0.4, 0.5) is 0 Å². The largest absolute Gasteiger partial charge is 0.348 e. The van der Waals surface area contributed by atoms with Gasteiger partial charge in [-0.1, -0.05) is 41.9 Å². The molecule has 2 N–H and O–H groups in total. The molecule has 2 rings (SSSR count). The Morgan fingerprint density at radius 2 is 1.65 bits per heavy atom. The first-order valence-corrected chi connectivity index (χ1v) is 7.77. The zero-order valence-corrected chi connectivity index (χ0v) is 13.8. The Morgan fingerprint density at radius 3 is 2.30 bits per heavy atom. The minimum atomic E-state index is -0.635. The maximum Gasteiger partial charge on any atom is 0.251 e. The molecule has 0 aromatic heterocycles. The van der Waals surface area contributed by atoms with Crippen LogP contribution in [0.15, 0.2) is 54.6 Å². The Labute approximate surface area is 140 Å². The fraction of sp³-hybridized carbons (Fsp3) is 0.222. The molecule has 120 valence electrons. The average Bonchev–Trinajstić information content (AvgIpc) is 2.55. The molecule has 0 bridgehead atoms. The fourth-order valence-electron chi connectivity index (χ4n) is 2.13. The minimum absolute atomic E-state index is 0.197. The summed E-state index contributed by atoms with van der Waals surface area (Å²) in [6, 6.07) is 15.3. The van der Waals surface area contributed by atoms with Gasteiger partial charge in [0.05, 0.1) is 6.04 Å². The van der Waals surface area contributed by atoms with Gasteiger partial charge in [-0.2, -0.15) is 0 Å². The van der Waals surface area contributed by atoms with Gasteiger partial charge in [-0.3, -0.25) is 9.59 Å². The van der Waals surface area contributed by atoms with E-state index >= 15 is 0 Å². The molecule has 0 aliphatic rings. The molecule has 4 nitrogen and oxygen atoms in total. The van der Waals surface area contributed by atoms with Gasteiger partial charge in [0, 0.05) is 10.6 Å². The molecular formula is C18H19ClN2O2. The first-order chi connectivity index (χ1) is 11.0. The fourth-order valence-corrected chi connectivity index (χ4v) is 2.33. The van der Waals surface area contributed by atoms with Crippen molar-refractivity contribution in [2.45, 2.75) is 25.9 Å². The Kier molecular flexibility index (Phi) is 5.77. The predicted octanol–water partition coefficient (Wildman–Crippen LogP) is 3.34. The average molecular weight is 331 g/mol. The number of hydrogen-bond acceptors (Lipinski definition) is 2. The molecule has 23 heavy (non-hydrogen) atoms. The van der Waals surface area contributed by atoms with Gasteiger partial charge in [0.25, 0.3) is 5.91 Å². The summed E-state index contributed by atoms with van der Waals surface area (Å²) >= 11 is 5.95. The Hall–Kier alpha value is -2.33. The first-order valence-electron chi connectivity index (χ1n) is 7.39. The standard InChI is InChI=1S/C18H19ClN2O2/c1-12(15-9-6-10-16(19)11-15)20-17(22)13(2)21-18(23)14-7-4-3-5-8-14/h3-13H,1-2H3,(H,20,22)(H,21,23)/t12-,13-/m0/s1. The minimum Gasteiger partial charge on any atom is -0.348 e. The number of rotatable bonds is 5. The van der Waals surface area contributed by atoms with E-state index < -0.39 is 6.04 Å².